The summed E-state index contributed by atoms with van der Waals surface area (Å²) in [7, 11) is 0. The summed E-state index contributed by atoms with van der Waals surface area (Å²) < 4.78 is 6.74. The third-order valence-corrected chi connectivity index (χ3v) is 3.59. The highest BCUT2D eigenvalue weighted by Crippen LogP contribution is 2.22. The zero-order chi connectivity index (χ0) is 13.1. The molecule has 3 heteroatoms. The van der Waals surface area contributed by atoms with E-state index in [1.54, 1.807) is 0 Å². The molecule has 1 aromatic heterocycles. The minimum atomic E-state index is 0.206. The van der Waals surface area contributed by atoms with Crippen molar-refractivity contribution in [3.63, 3.8) is 0 Å². The smallest absolute Gasteiger partial charge is 0.120 e. The van der Waals surface area contributed by atoms with E-state index in [2.05, 4.69) is 59.4 Å². The molecule has 0 amide bonds. The van der Waals surface area contributed by atoms with Gasteiger partial charge in [0, 0.05) is 10.5 Å². The first-order chi connectivity index (χ1) is 8.56. The van der Waals surface area contributed by atoms with Crippen LogP contribution < -0.4 is 5.32 Å². The van der Waals surface area contributed by atoms with Crippen LogP contribution in [-0.2, 0) is 0 Å². The molecule has 2 nitrogen and oxygen atoms in total. The van der Waals surface area contributed by atoms with Crippen LogP contribution in [0.5, 0.6) is 0 Å². The average Bonchev–Trinajstić information content (AvgIpc) is 2.76. The van der Waals surface area contributed by atoms with Crippen molar-refractivity contribution in [1.29, 1.82) is 0 Å². The minimum Gasteiger partial charge on any atom is -0.465 e. The van der Waals surface area contributed by atoms with E-state index in [0.29, 0.717) is 6.04 Å². The topological polar surface area (TPSA) is 25.2 Å². The largest absolute Gasteiger partial charge is 0.465 e. The third-order valence-electron chi connectivity index (χ3n) is 3.06. The number of aryl methyl sites for hydroxylation is 1. The zero-order valence-electron chi connectivity index (χ0n) is 10.9. The highest BCUT2D eigenvalue weighted by atomic mass is 79.9. The molecule has 1 N–H and O–H groups in total. The van der Waals surface area contributed by atoms with Gasteiger partial charge in [0.05, 0.1) is 6.04 Å². The molecule has 1 aromatic carbocycles. The Bertz CT molecular complexity index is 503. The second-order valence-electron chi connectivity index (χ2n) is 4.61. The van der Waals surface area contributed by atoms with Gasteiger partial charge in [-0.25, -0.2) is 0 Å². The molecule has 2 atom stereocenters. The van der Waals surface area contributed by atoms with Gasteiger partial charge in [0.15, 0.2) is 0 Å². The van der Waals surface area contributed by atoms with Crippen LogP contribution in [0.25, 0.3) is 0 Å². The fourth-order valence-corrected chi connectivity index (χ4v) is 2.26. The highest BCUT2D eigenvalue weighted by Gasteiger charge is 2.13. The molecule has 96 valence electrons. The summed E-state index contributed by atoms with van der Waals surface area (Å²) in [5.41, 5.74) is 1.27. The molecule has 1 unspecified atom stereocenters. The predicted molar refractivity (Wildman–Crippen MR) is 77.6 cm³/mol. The Hall–Kier alpha value is -1.06. The molecule has 0 spiro atoms. The van der Waals surface area contributed by atoms with Gasteiger partial charge >= 0.3 is 0 Å². The van der Waals surface area contributed by atoms with E-state index in [-0.39, 0.29) is 6.04 Å². The standard InChI is InChI=1S/C15H18BrNO/c1-10-4-9-15(18-10)12(3)17-11(2)13-5-7-14(16)8-6-13/h4-9,11-12,17H,1-3H3/t11-,12?/m1/s1. The van der Waals surface area contributed by atoms with Gasteiger partial charge < -0.3 is 9.73 Å². The van der Waals surface area contributed by atoms with Gasteiger partial charge in [-0.2, -0.15) is 0 Å². The molecule has 0 bridgehead atoms. The SMILES string of the molecule is Cc1ccc(C(C)N[C@H](C)c2ccc(Br)cc2)o1. The maximum atomic E-state index is 5.63. The van der Waals surface area contributed by atoms with Crippen molar-refractivity contribution in [3.05, 3.63) is 58.0 Å². The van der Waals surface area contributed by atoms with Crippen LogP contribution in [0.1, 0.15) is 43.0 Å². The maximum Gasteiger partial charge on any atom is 0.120 e. The first-order valence-corrected chi connectivity index (χ1v) is 6.93. The molecule has 2 rings (SSSR count). The monoisotopic (exact) mass is 307 g/mol. The van der Waals surface area contributed by atoms with E-state index in [0.717, 1.165) is 16.0 Å². The van der Waals surface area contributed by atoms with Crippen LogP contribution in [0.3, 0.4) is 0 Å². The Labute approximate surface area is 117 Å². The number of rotatable bonds is 4. The van der Waals surface area contributed by atoms with Gasteiger partial charge in [-0.05, 0) is 50.6 Å². The predicted octanol–water partition coefficient (Wildman–Crippen LogP) is 4.76. The van der Waals surface area contributed by atoms with Gasteiger partial charge in [0.1, 0.15) is 11.5 Å². The maximum absolute atomic E-state index is 5.63. The van der Waals surface area contributed by atoms with Gasteiger partial charge in [0.25, 0.3) is 0 Å². The van der Waals surface area contributed by atoms with Crippen molar-refractivity contribution in [2.45, 2.75) is 32.9 Å². The number of halogens is 1. The van der Waals surface area contributed by atoms with Gasteiger partial charge in [-0.1, -0.05) is 28.1 Å². The van der Waals surface area contributed by atoms with Crippen molar-refractivity contribution in [2.24, 2.45) is 0 Å². The Morgan fingerprint density at radius 1 is 1.00 bits per heavy atom. The van der Waals surface area contributed by atoms with Gasteiger partial charge in [-0.3, -0.25) is 0 Å². The molecule has 0 fully saturated rings. The molecule has 0 aliphatic heterocycles. The van der Waals surface area contributed by atoms with Gasteiger partial charge in [0.2, 0.25) is 0 Å². The molecule has 0 saturated carbocycles. The van der Waals surface area contributed by atoms with Crippen molar-refractivity contribution in [3.8, 4) is 0 Å². The number of nitrogens with one attached hydrogen (secondary N) is 1. The van der Waals surface area contributed by atoms with Crippen molar-refractivity contribution >= 4 is 15.9 Å². The van der Waals surface area contributed by atoms with Crippen molar-refractivity contribution in [1.82, 2.24) is 5.32 Å². The van der Waals surface area contributed by atoms with E-state index in [4.69, 9.17) is 4.42 Å². The fourth-order valence-electron chi connectivity index (χ4n) is 1.99. The summed E-state index contributed by atoms with van der Waals surface area (Å²) in [5, 5.41) is 3.54. The second kappa shape index (κ2) is 5.72. The van der Waals surface area contributed by atoms with Gasteiger partial charge in [-0.15, -0.1) is 0 Å². The first kappa shape index (κ1) is 13.4. The number of benzene rings is 1. The second-order valence-corrected chi connectivity index (χ2v) is 5.53. The van der Waals surface area contributed by atoms with Crippen LogP contribution >= 0.6 is 15.9 Å². The number of hydrogen-bond donors (Lipinski definition) is 1. The van der Waals surface area contributed by atoms with Crippen molar-refractivity contribution in [2.75, 3.05) is 0 Å². The Morgan fingerprint density at radius 2 is 1.67 bits per heavy atom. The molecular weight excluding hydrogens is 290 g/mol. The normalized spacial score (nSPS) is 14.4. The van der Waals surface area contributed by atoms with E-state index < -0.39 is 0 Å². The quantitative estimate of drug-likeness (QED) is 0.880. The summed E-state index contributed by atoms with van der Waals surface area (Å²) in [4.78, 5) is 0. The third kappa shape index (κ3) is 3.24. The lowest BCUT2D eigenvalue weighted by Gasteiger charge is -2.19. The Kier molecular flexibility index (Phi) is 4.25. The van der Waals surface area contributed by atoms with Crippen LogP contribution in [0, 0.1) is 6.92 Å². The number of hydrogen-bond acceptors (Lipinski definition) is 2. The molecule has 0 radical (unpaired) electrons. The summed E-state index contributed by atoms with van der Waals surface area (Å²) in [6.07, 6.45) is 0. The van der Waals surface area contributed by atoms with E-state index in [9.17, 15) is 0 Å². The summed E-state index contributed by atoms with van der Waals surface area (Å²) >= 11 is 3.45. The van der Waals surface area contributed by atoms with Crippen LogP contribution in [0.15, 0.2) is 45.3 Å². The minimum absolute atomic E-state index is 0.206. The summed E-state index contributed by atoms with van der Waals surface area (Å²) in [5.74, 6) is 1.94. The Balaban J connectivity index is 2.02. The number of furan rings is 1. The lowest BCUT2D eigenvalue weighted by molar-refractivity contribution is 0.392. The molecule has 0 aliphatic carbocycles. The van der Waals surface area contributed by atoms with E-state index >= 15 is 0 Å². The molecule has 0 saturated heterocycles. The van der Waals surface area contributed by atoms with E-state index in [1.807, 2.05) is 19.1 Å². The lowest BCUT2D eigenvalue weighted by Crippen LogP contribution is -2.22. The summed E-state index contributed by atoms with van der Waals surface area (Å²) in [6.45, 7) is 6.25. The van der Waals surface area contributed by atoms with Crippen molar-refractivity contribution < 1.29 is 4.42 Å². The summed E-state index contributed by atoms with van der Waals surface area (Å²) in [6, 6.07) is 12.9. The van der Waals surface area contributed by atoms with Crippen LogP contribution in [0.2, 0.25) is 0 Å². The average molecular weight is 308 g/mol. The zero-order valence-corrected chi connectivity index (χ0v) is 12.5. The first-order valence-electron chi connectivity index (χ1n) is 6.14. The van der Waals surface area contributed by atoms with Crippen LogP contribution in [-0.4, -0.2) is 0 Å². The molecule has 1 heterocycles. The highest BCUT2D eigenvalue weighted by molar-refractivity contribution is 9.10. The fraction of sp³-hybridized carbons (Fsp3) is 0.333. The lowest BCUT2D eigenvalue weighted by atomic mass is 10.1. The van der Waals surface area contributed by atoms with Crippen LogP contribution in [0.4, 0.5) is 0 Å². The molecule has 0 aliphatic rings. The molecule has 2 aromatic rings. The van der Waals surface area contributed by atoms with E-state index in [1.165, 1.54) is 5.56 Å². The molecular formula is C15H18BrNO. The Morgan fingerprint density at radius 3 is 2.22 bits per heavy atom. The molecule has 18 heavy (non-hydrogen) atoms.